The van der Waals surface area contributed by atoms with Gasteiger partial charge in [-0.05, 0) is 29.1 Å². The Morgan fingerprint density at radius 3 is 2.24 bits per heavy atom. The van der Waals surface area contributed by atoms with Gasteiger partial charge in [-0.25, -0.2) is 0 Å². The summed E-state index contributed by atoms with van der Waals surface area (Å²) in [4.78, 5) is 11.2. The number of ether oxygens (including phenoxy) is 1. The van der Waals surface area contributed by atoms with Crippen molar-refractivity contribution in [2.75, 3.05) is 0 Å². The van der Waals surface area contributed by atoms with Gasteiger partial charge in [-0.15, -0.1) is 0 Å². The SMILES string of the molecule is NC(=O)Cc1ccc(Oc2ccccc2)c2ccccc12. The van der Waals surface area contributed by atoms with Crippen molar-refractivity contribution in [1.29, 1.82) is 0 Å². The summed E-state index contributed by atoms with van der Waals surface area (Å²) in [7, 11) is 0. The van der Waals surface area contributed by atoms with E-state index in [-0.39, 0.29) is 12.3 Å². The molecule has 3 aromatic rings. The Morgan fingerprint density at radius 1 is 0.857 bits per heavy atom. The van der Waals surface area contributed by atoms with Gasteiger partial charge in [-0.3, -0.25) is 4.79 Å². The van der Waals surface area contributed by atoms with Crippen molar-refractivity contribution in [2.45, 2.75) is 6.42 Å². The Morgan fingerprint density at radius 2 is 1.52 bits per heavy atom. The lowest BCUT2D eigenvalue weighted by Crippen LogP contribution is -2.13. The Kier molecular flexibility index (Phi) is 3.56. The van der Waals surface area contributed by atoms with E-state index >= 15 is 0 Å². The largest absolute Gasteiger partial charge is 0.457 e. The molecule has 0 aliphatic rings. The van der Waals surface area contributed by atoms with Crippen molar-refractivity contribution in [2.24, 2.45) is 5.73 Å². The monoisotopic (exact) mass is 277 g/mol. The molecule has 2 N–H and O–H groups in total. The molecule has 0 aliphatic carbocycles. The first-order chi connectivity index (χ1) is 10.2. The molecule has 104 valence electrons. The molecule has 0 saturated carbocycles. The second kappa shape index (κ2) is 5.67. The molecule has 0 heterocycles. The third-order valence-electron chi connectivity index (χ3n) is 3.31. The normalized spacial score (nSPS) is 10.5. The van der Waals surface area contributed by atoms with Crippen molar-refractivity contribution in [1.82, 2.24) is 0 Å². The summed E-state index contributed by atoms with van der Waals surface area (Å²) in [5.41, 5.74) is 6.22. The predicted octanol–water partition coefficient (Wildman–Crippen LogP) is 3.66. The van der Waals surface area contributed by atoms with Gasteiger partial charge in [0.25, 0.3) is 0 Å². The number of primary amides is 1. The highest BCUT2D eigenvalue weighted by molar-refractivity contribution is 5.93. The first-order valence-corrected chi connectivity index (χ1v) is 6.76. The van der Waals surface area contributed by atoms with Gasteiger partial charge in [0.1, 0.15) is 11.5 Å². The zero-order chi connectivity index (χ0) is 14.7. The average Bonchev–Trinajstić information content (AvgIpc) is 2.50. The van der Waals surface area contributed by atoms with Crippen LogP contribution >= 0.6 is 0 Å². The van der Waals surface area contributed by atoms with Crippen LogP contribution in [0, 0.1) is 0 Å². The van der Waals surface area contributed by atoms with Crippen LogP contribution in [0.1, 0.15) is 5.56 Å². The fourth-order valence-electron chi connectivity index (χ4n) is 2.38. The van der Waals surface area contributed by atoms with Crippen molar-refractivity contribution < 1.29 is 9.53 Å². The number of amides is 1. The van der Waals surface area contributed by atoms with Crippen LogP contribution in [0.5, 0.6) is 11.5 Å². The maximum Gasteiger partial charge on any atom is 0.221 e. The molecule has 0 spiro atoms. The van der Waals surface area contributed by atoms with Crippen molar-refractivity contribution in [3.8, 4) is 11.5 Å². The number of nitrogens with two attached hydrogens (primary N) is 1. The lowest BCUT2D eigenvalue weighted by molar-refractivity contribution is -0.117. The van der Waals surface area contributed by atoms with Gasteiger partial charge in [0, 0.05) is 5.39 Å². The molecule has 3 rings (SSSR count). The van der Waals surface area contributed by atoms with Gasteiger partial charge < -0.3 is 10.5 Å². The molecule has 0 aromatic heterocycles. The second-order valence-electron chi connectivity index (χ2n) is 4.83. The standard InChI is InChI=1S/C18H15NO2/c19-18(20)12-13-10-11-17(16-9-5-4-8-15(13)16)21-14-6-2-1-3-7-14/h1-11H,12H2,(H2,19,20). The summed E-state index contributed by atoms with van der Waals surface area (Å²) >= 11 is 0. The summed E-state index contributed by atoms with van der Waals surface area (Å²) in [6.45, 7) is 0. The molecule has 3 heteroatoms. The van der Waals surface area contributed by atoms with Gasteiger partial charge in [0.2, 0.25) is 5.91 Å². The molecular formula is C18H15NO2. The summed E-state index contributed by atoms with van der Waals surface area (Å²) in [5.74, 6) is 1.22. The minimum Gasteiger partial charge on any atom is -0.457 e. The maximum atomic E-state index is 11.2. The average molecular weight is 277 g/mol. The predicted molar refractivity (Wildman–Crippen MR) is 83.4 cm³/mol. The fourth-order valence-corrected chi connectivity index (χ4v) is 2.38. The van der Waals surface area contributed by atoms with Crippen LogP contribution < -0.4 is 10.5 Å². The molecule has 0 atom stereocenters. The first-order valence-electron chi connectivity index (χ1n) is 6.76. The van der Waals surface area contributed by atoms with Gasteiger partial charge in [-0.1, -0.05) is 48.5 Å². The third-order valence-corrected chi connectivity index (χ3v) is 3.31. The van der Waals surface area contributed by atoms with Gasteiger partial charge in [-0.2, -0.15) is 0 Å². The Balaban J connectivity index is 2.06. The van der Waals surface area contributed by atoms with Gasteiger partial charge in [0.05, 0.1) is 6.42 Å². The smallest absolute Gasteiger partial charge is 0.221 e. The molecule has 0 fully saturated rings. The zero-order valence-corrected chi connectivity index (χ0v) is 11.5. The Labute approximate surface area is 123 Å². The number of carbonyl (C=O) groups is 1. The van der Waals surface area contributed by atoms with E-state index in [1.165, 1.54) is 0 Å². The summed E-state index contributed by atoms with van der Waals surface area (Å²) < 4.78 is 5.94. The zero-order valence-electron chi connectivity index (χ0n) is 11.5. The highest BCUT2D eigenvalue weighted by Crippen LogP contribution is 2.32. The van der Waals surface area contributed by atoms with Crippen molar-refractivity contribution >= 4 is 16.7 Å². The van der Waals surface area contributed by atoms with Crippen molar-refractivity contribution in [3.63, 3.8) is 0 Å². The summed E-state index contributed by atoms with van der Waals surface area (Å²) in [6, 6.07) is 21.3. The minimum atomic E-state index is -0.336. The van der Waals surface area contributed by atoms with Crippen LogP contribution in [-0.4, -0.2) is 5.91 Å². The number of rotatable bonds is 4. The van der Waals surface area contributed by atoms with Crippen LogP contribution in [0.4, 0.5) is 0 Å². The van der Waals surface area contributed by atoms with Crippen LogP contribution in [-0.2, 0) is 11.2 Å². The van der Waals surface area contributed by atoms with Gasteiger partial charge in [0.15, 0.2) is 0 Å². The molecular weight excluding hydrogens is 262 g/mol. The molecule has 1 amide bonds. The molecule has 0 radical (unpaired) electrons. The number of fused-ring (bicyclic) bond motifs is 1. The van der Waals surface area contributed by atoms with Crippen LogP contribution in [0.25, 0.3) is 10.8 Å². The molecule has 0 unspecified atom stereocenters. The number of hydrogen-bond donors (Lipinski definition) is 1. The van der Waals surface area contributed by atoms with E-state index in [0.29, 0.717) is 0 Å². The Bertz CT molecular complexity index is 782. The minimum absolute atomic E-state index is 0.228. The summed E-state index contributed by atoms with van der Waals surface area (Å²) in [6.07, 6.45) is 0.228. The first kappa shape index (κ1) is 13.2. The quantitative estimate of drug-likeness (QED) is 0.791. The van der Waals surface area contributed by atoms with E-state index in [4.69, 9.17) is 10.5 Å². The second-order valence-corrected chi connectivity index (χ2v) is 4.83. The van der Waals surface area contributed by atoms with Crippen LogP contribution in [0.3, 0.4) is 0 Å². The van der Waals surface area contributed by atoms with E-state index < -0.39 is 0 Å². The molecule has 0 bridgehead atoms. The maximum absolute atomic E-state index is 11.2. The highest BCUT2D eigenvalue weighted by Gasteiger charge is 2.09. The number of hydrogen-bond acceptors (Lipinski definition) is 2. The van der Waals surface area contributed by atoms with Crippen molar-refractivity contribution in [3.05, 3.63) is 72.3 Å². The van der Waals surface area contributed by atoms with Gasteiger partial charge >= 0.3 is 0 Å². The molecule has 21 heavy (non-hydrogen) atoms. The van der Waals surface area contributed by atoms with E-state index in [1.807, 2.05) is 66.7 Å². The van der Waals surface area contributed by atoms with E-state index in [2.05, 4.69) is 0 Å². The molecule has 3 nitrogen and oxygen atoms in total. The van der Waals surface area contributed by atoms with Crippen LogP contribution in [0.2, 0.25) is 0 Å². The molecule has 3 aromatic carbocycles. The Hall–Kier alpha value is -2.81. The fraction of sp³-hybridized carbons (Fsp3) is 0.0556. The molecule has 0 aliphatic heterocycles. The lowest BCUT2D eigenvalue weighted by Gasteiger charge is -2.11. The number of benzene rings is 3. The number of para-hydroxylation sites is 1. The van der Waals surface area contributed by atoms with E-state index in [1.54, 1.807) is 0 Å². The third kappa shape index (κ3) is 2.87. The van der Waals surface area contributed by atoms with Crippen LogP contribution in [0.15, 0.2) is 66.7 Å². The lowest BCUT2D eigenvalue weighted by atomic mass is 10.0. The molecule has 0 saturated heterocycles. The summed E-state index contributed by atoms with van der Waals surface area (Å²) in [5, 5.41) is 1.96. The van der Waals surface area contributed by atoms with E-state index in [0.717, 1.165) is 27.8 Å². The van der Waals surface area contributed by atoms with E-state index in [9.17, 15) is 4.79 Å². The highest BCUT2D eigenvalue weighted by atomic mass is 16.5. The topological polar surface area (TPSA) is 52.3 Å². The number of carbonyl (C=O) groups excluding carboxylic acids is 1.